The average Bonchev–Trinajstić information content (AvgIpc) is 2.55. The maximum Gasteiger partial charge on any atom is 0.416 e. The number of piperidine rings is 1. The Bertz CT molecular complexity index is 587. The number of urea groups is 1. The first kappa shape index (κ1) is 18.1. The van der Waals surface area contributed by atoms with Crippen molar-refractivity contribution < 1.29 is 27.5 Å². The molecule has 1 aliphatic heterocycles. The van der Waals surface area contributed by atoms with Gasteiger partial charge in [0.15, 0.2) is 0 Å². The quantitative estimate of drug-likeness (QED) is 0.854. The Labute approximate surface area is 137 Å². The Morgan fingerprint density at radius 1 is 1.29 bits per heavy atom. The van der Waals surface area contributed by atoms with Gasteiger partial charge in [0, 0.05) is 18.8 Å². The number of nitrogens with one attached hydrogen (secondary N) is 1. The van der Waals surface area contributed by atoms with E-state index in [1.165, 1.54) is 17.0 Å². The number of hydrogen-bond acceptors (Lipinski definition) is 3. The highest BCUT2D eigenvalue weighted by atomic mass is 19.4. The number of anilines is 1. The summed E-state index contributed by atoms with van der Waals surface area (Å²) < 4.78 is 42.5. The molecule has 1 atom stereocenters. The molecule has 5 nitrogen and oxygen atoms in total. The lowest BCUT2D eigenvalue weighted by atomic mass is 9.98. The van der Waals surface area contributed by atoms with E-state index < -0.39 is 17.8 Å². The van der Waals surface area contributed by atoms with Crippen LogP contribution in [0.4, 0.5) is 23.7 Å². The van der Waals surface area contributed by atoms with Crippen LogP contribution in [-0.4, -0.2) is 36.6 Å². The highest BCUT2D eigenvalue weighted by Crippen LogP contribution is 2.30. The number of esters is 1. The van der Waals surface area contributed by atoms with Crippen LogP contribution in [0.2, 0.25) is 0 Å². The van der Waals surface area contributed by atoms with Crippen molar-refractivity contribution in [1.82, 2.24) is 4.90 Å². The second kappa shape index (κ2) is 7.55. The molecule has 0 radical (unpaired) electrons. The van der Waals surface area contributed by atoms with Crippen molar-refractivity contribution in [3.63, 3.8) is 0 Å². The third kappa shape index (κ3) is 4.62. The minimum absolute atomic E-state index is 0.241. The monoisotopic (exact) mass is 344 g/mol. The van der Waals surface area contributed by atoms with Crippen molar-refractivity contribution >= 4 is 17.7 Å². The number of benzene rings is 1. The van der Waals surface area contributed by atoms with E-state index in [1.807, 2.05) is 0 Å². The fourth-order valence-corrected chi connectivity index (χ4v) is 2.56. The Morgan fingerprint density at radius 3 is 2.54 bits per heavy atom. The number of carbonyl (C=O) groups is 2. The Hall–Kier alpha value is -2.25. The van der Waals surface area contributed by atoms with Crippen molar-refractivity contribution in [1.29, 1.82) is 0 Å². The third-order valence-corrected chi connectivity index (χ3v) is 3.79. The molecule has 24 heavy (non-hydrogen) atoms. The zero-order valence-electron chi connectivity index (χ0n) is 13.2. The van der Waals surface area contributed by atoms with Crippen LogP contribution in [0.15, 0.2) is 24.3 Å². The van der Waals surface area contributed by atoms with E-state index in [4.69, 9.17) is 4.74 Å². The fraction of sp³-hybridized carbons (Fsp3) is 0.500. The van der Waals surface area contributed by atoms with E-state index in [1.54, 1.807) is 6.92 Å². The number of ether oxygens (including phenoxy) is 1. The number of carbonyl (C=O) groups excluding carboxylic acids is 2. The van der Waals surface area contributed by atoms with Gasteiger partial charge in [0.2, 0.25) is 0 Å². The first-order chi connectivity index (χ1) is 11.3. The fourth-order valence-electron chi connectivity index (χ4n) is 2.56. The summed E-state index contributed by atoms with van der Waals surface area (Å²) in [6, 6.07) is 3.78. The number of nitrogens with zero attached hydrogens (tertiary/aromatic N) is 1. The van der Waals surface area contributed by atoms with Crippen LogP contribution in [0.3, 0.4) is 0 Å². The van der Waals surface area contributed by atoms with Crippen LogP contribution in [0.25, 0.3) is 0 Å². The molecule has 0 saturated carbocycles. The SMILES string of the molecule is CCOC(=O)[C@@H]1CCCN(C(=O)Nc2ccc(C(F)(F)F)cc2)C1. The molecule has 0 aliphatic carbocycles. The normalized spacial score (nSPS) is 18.2. The third-order valence-electron chi connectivity index (χ3n) is 3.79. The van der Waals surface area contributed by atoms with Gasteiger partial charge in [0.05, 0.1) is 18.1 Å². The lowest BCUT2D eigenvalue weighted by Crippen LogP contribution is -2.44. The molecule has 1 aromatic rings. The summed E-state index contributed by atoms with van der Waals surface area (Å²) in [6.45, 7) is 2.73. The predicted molar refractivity (Wildman–Crippen MR) is 81.4 cm³/mol. The summed E-state index contributed by atoms with van der Waals surface area (Å²) in [5.74, 6) is -0.693. The minimum atomic E-state index is -4.41. The molecule has 132 valence electrons. The summed E-state index contributed by atoms with van der Waals surface area (Å²) >= 11 is 0. The van der Waals surface area contributed by atoms with Gasteiger partial charge >= 0.3 is 18.2 Å². The van der Waals surface area contributed by atoms with Crippen molar-refractivity contribution in [2.24, 2.45) is 5.92 Å². The van der Waals surface area contributed by atoms with Crippen LogP contribution in [0.1, 0.15) is 25.3 Å². The van der Waals surface area contributed by atoms with Crippen LogP contribution in [-0.2, 0) is 15.7 Å². The molecule has 0 spiro atoms. The molecule has 0 aromatic heterocycles. The van der Waals surface area contributed by atoms with E-state index in [9.17, 15) is 22.8 Å². The minimum Gasteiger partial charge on any atom is -0.466 e. The number of amides is 2. The lowest BCUT2D eigenvalue weighted by Gasteiger charge is -2.31. The second-order valence-corrected chi connectivity index (χ2v) is 5.54. The van der Waals surface area contributed by atoms with Crippen molar-refractivity contribution in [2.75, 3.05) is 25.0 Å². The predicted octanol–water partition coefficient (Wildman–Crippen LogP) is 3.51. The largest absolute Gasteiger partial charge is 0.466 e. The van der Waals surface area contributed by atoms with Crippen LogP contribution < -0.4 is 5.32 Å². The maximum absolute atomic E-state index is 12.5. The Kier molecular flexibility index (Phi) is 5.69. The zero-order valence-corrected chi connectivity index (χ0v) is 13.2. The molecule has 1 fully saturated rings. The highest BCUT2D eigenvalue weighted by Gasteiger charge is 2.31. The van der Waals surface area contributed by atoms with Gasteiger partial charge < -0.3 is 15.0 Å². The van der Waals surface area contributed by atoms with Gasteiger partial charge in [-0.05, 0) is 44.0 Å². The molecule has 1 aromatic carbocycles. The summed E-state index contributed by atoms with van der Waals surface area (Å²) in [6.07, 6.45) is -3.09. The van der Waals surface area contributed by atoms with Gasteiger partial charge in [0.25, 0.3) is 0 Å². The molecule has 2 amide bonds. The molecular formula is C16H19F3N2O3. The van der Waals surface area contributed by atoms with E-state index in [-0.39, 0.29) is 30.7 Å². The summed E-state index contributed by atoms with van der Waals surface area (Å²) in [7, 11) is 0. The van der Waals surface area contributed by atoms with Gasteiger partial charge in [-0.3, -0.25) is 4.79 Å². The van der Waals surface area contributed by atoms with E-state index >= 15 is 0 Å². The molecule has 1 aliphatic rings. The molecule has 0 bridgehead atoms. The number of alkyl halides is 3. The smallest absolute Gasteiger partial charge is 0.416 e. The zero-order chi connectivity index (χ0) is 17.7. The molecule has 0 unspecified atom stereocenters. The van der Waals surface area contributed by atoms with Gasteiger partial charge in [-0.1, -0.05) is 0 Å². The number of hydrogen-bond donors (Lipinski definition) is 1. The van der Waals surface area contributed by atoms with Crippen LogP contribution >= 0.6 is 0 Å². The Morgan fingerprint density at radius 2 is 1.96 bits per heavy atom. The summed E-state index contributed by atoms with van der Waals surface area (Å²) in [4.78, 5) is 25.5. The molecule has 1 N–H and O–H groups in total. The summed E-state index contributed by atoms with van der Waals surface area (Å²) in [5.41, 5.74) is -0.507. The number of halogens is 3. The van der Waals surface area contributed by atoms with E-state index in [0.29, 0.717) is 19.4 Å². The molecule has 1 saturated heterocycles. The Balaban J connectivity index is 1.95. The molecule has 8 heteroatoms. The average molecular weight is 344 g/mol. The maximum atomic E-state index is 12.5. The standard InChI is InChI=1S/C16H19F3N2O3/c1-2-24-14(22)11-4-3-9-21(10-11)15(23)20-13-7-5-12(6-8-13)16(17,18)19/h5-8,11H,2-4,9-10H2,1H3,(H,20,23)/t11-/m1/s1. The first-order valence-corrected chi connectivity index (χ1v) is 7.71. The highest BCUT2D eigenvalue weighted by molar-refractivity contribution is 5.89. The lowest BCUT2D eigenvalue weighted by molar-refractivity contribution is -0.149. The van der Waals surface area contributed by atoms with E-state index in [0.717, 1.165) is 12.1 Å². The second-order valence-electron chi connectivity index (χ2n) is 5.54. The van der Waals surface area contributed by atoms with Crippen LogP contribution in [0.5, 0.6) is 0 Å². The molecule has 1 heterocycles. The van der Waals surface area contributed by atoms with Gasteiger partial charge in [-0.2, -0.15) is 13.2 Å². The van der Waals surface area contributed by atoms with Gasteiger partial charge in [-0.15, -0.1) is 0 Å². The van der Waals surface area contributed by atoms with Crippen molar-refractivity contribution in [3.05, 3.63) is 29.8 Å². The van der Waals surface area contributed by atoms with Gasteiger partial charge in [0.1, 0.15) is 0 Å². The summed E-state index contributed by atoms with van der Waals surface area (Å²) in [5, 5.41) is 2.55. The topological polar surface area (TPSA) is 58.6 Å². The van der Waals surface area contributed by atoms with E-state index in [2.05, 4.69) is 5.32 Å². The number of likely N-dealkylation sites (tertiary alicyclic amines) is 1. The van der Waals surface area contributed by atoms with Crippen molar-refractivity contribution in [3.8, 4) is 0 Å². The van der Waals surface area contributed by atoms with Crippen LogP contribution in [0, 0.1) is 5.92 Å². The van der Waals surface area contributed by atoms with Gasteiger partial charge in [-0.25, -0.2) is 4.79 Å². The first-order valence-electron chi connectivity index (χ1n) is 7.71. The number of rotatable bonds is 3. The van der Waals surface area contributed by atoms with Crippen molar-refractivity contribution in [2.45, 2.75) is 25.9 Å². The molecular weight excluding hydrogens is 325 g/mol. The molecule has 2 rings (SSSR count).